The third-order valence-electron chi connectivity index (χ3n) is 4.29. The zero-order chi connectivity index (χ0) is 17.5. The number of ether oxygens (including phenoxy) is 1. The summed E-state index contributed by atoms with van der Waals surface area (Å²) in [6.07, 6.45) is 5.63. The first-order chi connectivity index (χ1) is 12.3. The molecule has 0 radical (unpaired) electrons. The first-order valence-corrected chi connectivity index (χ1v) is 8.66. The number of pyridine rings is 1. The Hall–Kier alpha value is -2.76. The van der Waals surface area contributed by atoms with E-state index >= 15 is 0 Å². The van der Waals surface area contributed by atoms with E-state index in [0.717, 1.165) is 35.9 Å². The van der Waals surface area contributed by atoms with E-state index in [4.69, 9.17) is 10.5 Å². The van der Waals surface area contributed by atoms with Crippen LogP contribution in [0.15, 0.2) is 47.6 Å². The molecule has 132 valence electrons. The summed E-state index contributed by atoms with van der Waals surface area (Å²) in [5.74, 6) is 2.13. The Kier molecular flexibility index (Phi) is 5.72. The summed E-state index contributed by atoms with van der Waals surface area (Å²) in [6, 6.07) is 11.7. The summed E-state index contributed by atoms with van der Waals surface area (Å²) in [5.41, 5.74) is 7.91. The highest BCUT2D eigenvalue weighted by Gasteiger charge is 2.12. The minimum absolute atomic E-state index is 0.362. The van der Waals surface area contributed by atoms with Crippen LogP contribution in [-0.2, 0) is 6.54 Å². The van der Waals surface area contributed by atoms with E-state index < -0.39 is 0 Å². The molecule has 1 aliphatic rings. The second kappa shape index (κ2) is 8.37. The van der Waals surface area contributed by atoms with Crippen LogP contribution in [0.1, 0.15) is 24.8 Å². The molecule has 0 saturated carbocycles. The number of piperidine rings is 1. The molecule has 1 aromatic heterocycles. The molecule has 1 saturated heterocycles. The van der Waals surface area contributed by atoms with Crippen molar-refractivity contribution >= 4 is 17.5 Å². The van der Waals surface area contributed by atoms with E-state index in [0.29, 0.717) is 12.5 Å². The second-order valence-corrected chi connectivity index (χ2v) is 6.10. The molecule has 3 N–H and O–H groups in total. The fourth-order valence-electron chi connectivity index (χ4n) is 2.96. The van der Waals surface area contributed by atoms with Gasteiger partial charge in [-0.3, -0.25) is 0 Å². The Morgan fingerprint density at radius 2 is 2.04 bits per heavy atom. The van der Waals surface area contributed by atoms with Crippen LogP contribution in [0.5, 0.6) is 5.75 Å². The van der Waals surface area contributed by atoms with Gasteiger partial charge in [-0.15, -0.1) is 0 Å². The first-order valence-electron chi connectivity index (χ1n) is 8.66. The van der Waals surface area contributed by atoms with Gasteiger partial charge in [-0.25, -0.2) is 9.98 Å². The van der Waals surface area contributed by atoms with E-state index in [2.05, 4.69) is 26.3 Å². The molecule has 0 amide bonds. The number of nitrogens with zero attached hydrogens (tertiary/aromatic N) is 3. The summed E-state index contributed by atoms with van der Waals surface area (Å²) < 4.78 is 5.31. The van der Waals surface area contributed by atoms with Gasteiger partial charge < -0.3 is 20.7 Å². The number of benzene rings is 1. The van der Waals surface area contributed by atoms with Crippen molar-refractivity contribution in [3.05, 3.63) is 48.2 Å². The zero-order valence-corrected chi connectivity index (χ0v) is 14.6. The van der Waals surface area contributed by atoms with Crippen LogP contribution in [0.25, 0.3) is 0 Å². The quantitative estimate of drug-likeness (QED) is 0.647. The first kappa shape index (κ1) is 17.1. The number of guanidine groups is 1. The third-order valence-corrected chi connectivity index (χ3v) is 4.29. The summed E-state index contributed by atoms with van der Waals surface area (Å²) in [6.45, 7) is 2.67. The van der Waals surface area contributed by atoms with E-state index in [-0.39, 0.29) is 0 Å². The van der Waals surface area contributed by atoms with Crippen LogP contribution in [0.4, 0.5) is 11.5 Å². The molecule has 25 heavy (non-hydrogen) atoms. The van der Waals surface area contributed by atoms with Crippen molar-refractivity contribution in [3.8, 4) is 5.75 Å². The molecule has 1 aliphatic heterocycles. The highest BCUT2D eigenvalue weighted by Crippen LogP contribution is 2.23. The standard InChI is InChI=1S/C19H25N5O/c1-25-17-8-4-3-7-16(17)23-19(20)22-14-15-9-10-21-18(13-15)24-11-5-2-6-12-24/h3-4,7-10,13H,2,5-6,11-12,14H2,1H3,(H3,20,22,23). The normalized spacial score (nSPS) is 15.1. The van der Waals surface area contributed by atoms with Gasteiger partial charge in [0.25, 0.3) is 0 Å². The van der Waals surface area contributed by atoms with Gasteiger partial charge in [-0.2, -0.15) is 0 Å². The fraction of sp³-hybridized carbons (Fsp3) is 0.368. The van der Waals surface area contributed by atoms with Gasteiger partial charge in [0.2, 0.25) is 0 Å². The lowest BCUT2D eigenvalue weighted by atomic mass is 10.1. The van der Waals surface area contributed by atoms with E-state index in [1.54, 1.807) is 7.11 Å². The monoisotopic (exact) mass is 339 g/mol. The zero-order valence-electron chi connectivity index (χ0n) is 14.6. The summed E-state index contributed by atoms with van der Waals surface area (Å²) in [4.78, 5) is 11.3. The molecule has 0 aliphatic carbocycles. The smallest absolute Gasteiger partial charge is 0.193 e. The van der Waals surface area contributed by atoms with Gasteiger partial charge in [0.1, 0.15) is 11.6 Å². The van der Waals surface area contributed by atoms with Crippen LogP contribution >= 0.6 is 0 Å². The summed E-state index contributed by atoms with van der Waals surface area (Å²) in [5, 5.41) is 3.09. The van der Waals surface area contributed by atoms with Gasteiger partial charge in [-0.1, -0.05) is 12.1 Å². The number of hydrogen-bond donors (Lipinski definition) is 2. The van der Waals surface area contributed by atoms with E-state index in [9.17, 15) is 0 Å². The topological polar surface area (TPSA) is 75.8 Å². The van der Waals surface area contributed by atoms with Gasteiger partial charge in [0.15, 0.2) is 5.96 Å². The molecule has 6 heteroatoms. The number of methoxy groups -OCH3 is 1. The minimum Gasteiger partial charge on any atom is -0.495 e. The number of hydrogen-bond acceptors (Lipinski definition) is 4. The number of para-hydroxylation sites is 2. The van der Waals surface area contributed by atoms with Gasteiger partial charge in [0, 0.05) is 19.3 Å². The van der Waals surface area contributed by atoms with Crippen molar-refractivity contribution in [2.75, 3.05) is 30.4 Å². The van der Waals surface area contributed by atoms with Crippen molar-refractivity contribution in [2.24, 2.45) is 10.7 Å². The number of anilines is 2. The van der Waals surface area contributed by atoms with Crippen molar-refractivity contribution in [3.63, 3.8) is 0 Å². The molecule has 1 fully saturated rings. The predicted molar refractivity (Wildman–Crippen MR) is 102 cm³/mol. The van der Waals surface area contributed by atoms with Crippen LogP contribution in [0.2, 0.25) is 0 Å². The molecule has 0 unspecified atom stereocenters. The van der Waals surface area contributed by atoms with Crippen molar-refractivity contribution in [1.29, 1.82) is 0 Å². The van der Waals surface area contributed by atoms with Crippen LogP contribution in [0.3, 0.4) is 0 Å². The molecule has 0 bridgehead atoms. The lowest BCUT2D eigenvalue weighted by Gasteiger charge is -2.27. The van der Waals surface area contributed by atoms with Crippen LogP contribution in [-0.4, -0.2) is 31.1 Å². The third kappa shape index (κ3) is 4.62. The molecule has 2 aromatic rings. The molecule has 1 aromatic carbocycles. The largest absolute Gasteiger partial charge is 0.495 e. The maximum absolute atomic E-state index is 6.02. The van der Waals surface area contributed by atoms with E-state index in [1.807, 2.05) is 36.5 Å². The van der Waals surface area contributed by atoms with Gasteiger partial charge >= 0.3 is 0 Å². The van der Waals surface area contributed by atoms with E-state index in [1.165, 1.54) is 19.3 Å². The Balaban J connectivity index is 1.64. The van der Waals surface area contributed by atoms with Crippen molar-refractivity contribution in [2.45, 2.75) is 25.8 Å². The predicted octanol–water partition coefficient (Wildman–Crippen LogP) is 3.01. The maximum Gasteiger partial charge on any atom is 0.193 e. The Bertz CT molecular complexity index is 725. The second-order valence-electron chi connectivity index (χ2n) is 6.10. The molecule has 0 atom stereocenters. The molecule has 2 heterocycles. The fourth-order valence-corrected chi connectivity index (χ4v) is 2.96. The number of rotatable bonds is 5. The lowest BCUT2D eigenvalue weighted by molar-refractivity contribution is 0.417. The number of nitrogens with one attached hydrogen (secondary N) is 1. The summed E-state index contributed by atoms with van der Waals surface area (Å²) >= 11 is 0. The maximum atomic E-state index is 6.02. The highest BCUT2D eigenvalue weighted by atomic mass is 16.5. The molecule has 6 nitrogen and oxygen atoms in total. The van der Waals surface area contributed by atoms with Crippen molar-refractivity contribution < 1.29 is 4.74 Å². The molecule has 0 spiro atoms. The SMILES string of the molecule is COc1ccccc1NC(N)=NCc1ccnc(N2CCCCC2)c1. The highest BCUT2D eigenvalue weighted by molar-refractivity contribution is 5.93. The Morgan fingerprint density at radius 3 is 2.84 bits per heavy atom. The molecular weight excluding hydrogens is 314 g/mol. The van der Waals surface area contributed by atoms with Crippen molar-refractivity contribution in [1.82, 2.24) is 4.98 Å². The average molecular weight is 339 g/mol. The Labute approximate surface area is 148 Å². The number of aromatic nitrogens is 1. The van der Waals surface area contributed by atoms with Crippen LogP contribution in [0, 0.1) is 0 Å². The van der Waals surface area contributed by atoms with Crippen LogP contribution < -0.4 is 20.7 Å². The van der Waals surface area contributed by atoms with Gasteiger partial charge in [-0.05, 0) is 49.1 Å². The molecular formula is C19H25N5O. The molecule has 3 rings (SSSR count). The number of nitrogens with two attached hydrogens (primary N) is 1. The van der Waals surface area contributed by atoms with Gasteiger partial charge in [0.05, 0.1) is 19.3 Å². The Morgan fingerprint density at radius 1 is 1.24 bits per heavy atom. The average Bonchev–Trinajstić information content (AvgIpc) is 2.68. The lowest BCUT2D eigenvalue weighted by Crippen LogP contribution is -2.30. The summed E-state index contributed by atoms with van der Waals surface area (Å²) in [7, 11) is 1.63. The minimum atomic E-state index is 0.362. The number of aliphatic imine (C=N–C) groups is 1.